The average molecular weight is 312 g/mol. The summed E-state index contributed by atoms with van der Waals surface area (Å²) in [6, 6.07) is 3.50. The first-order valence-corrected chi connectivity index (χ1v) is 7.37. The van der Waals surface area contributed by atoms with Crippen LogP contribution in [0.1, 0.15) is 31.7 Å². The van der Waals surface area contributed by atoms with Crippen LogP contribution in [0.15, 0.2) is 18.2 Å². The molecular weight excluding hydrogens is 290 g/mol. The molecule has 0 heterocycles. The van der Waals surface area contributed by atoms with Gasteiger partial charge in [-0.1, -0.05) is 31.4 Å². The van der Waals surface area contributed by atoms with Crippen molar-refractivity contribution in [3.63, 3.8) is 0 Å². The van der Waals surface area contributed by atoms with Crippen molar-refractivity contribution in [2.75, 3.05) is 20.8 Å². The van der Waals surface area contributed by atoms with Crippen LogP contribution >= 0.6 is 11.6 Å². The molecule has 0 aliphatic heterocycles. The number of rotatable bonds is 8. The molecule has 0 aliphatic carbocycles. The Bertz CT molecular complexity index is 501. The maximum atomic E-state index is 11.7. The topological polar surface area (TPSA) is 47.6 Å². The summed E-state index contributed by atoms with van der Waals surface area (Å²) >= 11 is 6.11. The van der Waals surface area contributed by atoms with E-state index in [1.807, 2.05) is 0 Å². The predicted molar refractivity (Wildman–Crippen MR) is 86.1 cm³/mol. The van der Waals surface area contributed by atoms with E-state index in [1.54, 1.807) is 25.3 Å². The molecule has 0 saturated carbocycles. The molecule has 0 radical (unpaired) electrons. The first-order valence-electron chi connectivity index (χ1n) is 6.99. The van der Waals surface area contributed by atoms with Crippen LogP contribution in [0.25, 0.3) is 6.08 Å². The maximum Gasteiger partial charge on any atom is 0.243 e. The van der Waals surface area contributed by atoms with Crippen LogP contribution in [0.2, 0.25) is 5.02 Å². The molecule has 1 rings (SSSR count). The van der Waals surface area contributed by atoms with Gasteiger partial charge in [0.05, 0.1) is 19.2 Å². The van der Waals surface area contributed by atoms with E-state index in [9.17, 15) is 4.79 Å². The number of carbonyl (C=O) groups excluding carboxylic acids is 1. The summed E-state index contributed by atoms with van der Waals surface area (Å²) in [7, 11) is 3.07. The third kappa shape index (κ3) is 5.68. The number of unbranched alkanes of at least 4 members (excludes halogenated alkanes) is 2. The van der Waals surface area contributed by atoms with Gasteiger partial charge < -0.3 is 14.8 Å². The molecule has 0 aromatic heterocycles. The molecule has 0 saturated heterocycles. The molecule has 116 valence electrons. The Hall–Kier alpha value is -1.68. The summed E-state index contributed by atoms with van der Waals surface area (Å²) in [6.45, 7) is 2.83. The Balaban J connectivity index is 2.67. The van der Waals surface area contributed by atoms with Crippen LogP contribution in [0.5, 0.6) is 11.5 Å². The number of carbonyl (C=O) groups is 1. The Morgan fingerprint density at radius 1 is 1.29 bits per heavy atom. The third-order valence-electron chi connectivity index (χ3n) is 2.96. The van der Waals surface area contributed by atoms with Gasteiger partial charge in [-0.15, -0.1) is 0 Å². The van der Waals surface area contributed by atoms with Crippen molar-refractivity contribution in [1.29, 1.82) is 0 Å². The van der Waals surface area contributed by atoms with Gasteiger partial charge in [-0.3, -0.25) is 4.79 Å². The van der Waals surface area contributed by atoms with Crippen LogP contribution < -0.4 is 14.8 Å². The second kappa shape index (κ2) is 9.29. The molecular formula is C16H22ClNO3. The summed E-state index contributed by atoms with van der Waals surface area (Å²) in [4.78, 5) is 11.7. The molecule has 0 bridgehead atoms. The molecule has 21 heavy (non-hydrogen) atoms. The van der Waals surface area contributed by atoms with Crippen LogP contribution in [0, 0.1) is 0 Å². The Labute approximate surface area is 131 Å². The number of amides is 1. The highest BCUT2D eigenvalue weighted by Gasteiger charge is 2.09. The van der Waals surface area contributed by atoms with E-state index < -0.39 is 0 Å². The van der Waals surface area contributed by atoms with Gasteiger partial charge in [-0.2, -0.15) is 0 Å². The minimum Gasteiger partial charge on any atom is -0.493 e. The normalized spacial score (nSPS) is 10.7. The van der Waals surface area contributed by atoms with Crippen LogP contribution in [-0.4, -0.2) is 26.7 Å². The molecule has 1 amide bonds. The highest BCUT2D eigenvalue weighted by molar-refractivity contribution is 6.32. The Morgan fingerprint density at radius 2 is 2.05 bits per heavy atom. The van der Waals surface area contributed by atoms with Crippen molar-refractivity contribution in [1.82, 2.24) is 5.32 Å². The van der Waals surface area contributed by atoms with Crippen molar-refractivity contribution < 1.29 is 14.3 Å². The number of halogens is 1. The molecule has 0 atom stereocenters. The van der Waals surface area contributed by atoms with Gasteiger partial charge in [0.15, 0.2) is 11.5 Å². The number of ether oxygens (including phenoxy) is 2. The van der Waals surface area contributed by atoms with Crippen molar-refractivity contribution in [2.45, 2.75) is 26.2 Å². The Morgan fingerprint density at radius 3 is 2.67 bits per heavy atom. The second-order valence-electron chi connectivity index (χ2n) is 4.57. The summed E-state index contributed by atoms with van der Waals surface area (Å²) in [5.74, 6) is 0.908. The number of hydrogen-bond donors (Lipinski definition) is 1. The van der Waals surface area contributed by atoms with E-state index in [1.165, 1.54) is 13.2 Å². The van der Waals surface area contributed by atoms with Gasteiger partial charge in [-0.05, 0) is 30.2 Å². The standard InChI is InChI=1S/C16H22ClNO3/c1-4-5-6-9-18-15(19)8-7-12-10-13(17)16(21-3)14(11-12)20-2/h7-8,10-11H,4-6,9H2,1-3H3,(H,18,19)/b8-7+. The van der Waals surface area contributed by atoms with E-state index in [0.717, 1.165) is 24.8 Å². The van der Waals surface area contributed by atoms with Gasteiger partial charge in [0.2, 0.25) is 5.91 Å². The number of benzene rings is 1. The van der Waals surface area contributed by atoms with Gasteiger partial charge in [0.25, 0.3) is 0 Å². The lowest BCUT2D eigenvalue weighted by atomic mass is 10.2. The highest BCUT2D eigenvalue weighted by atomic mass is 35.5. The monoisotopic (exact) mass is 311 g/mol. The van der Waals surface area contributed by atoms with Crippen LogP contribution in [0.3, 0.4) is 0 Å². The first kappa shape index (κ1) is 17.4. The van der Waals surface area contributed by atoms with Crippen LogP contribution in [0.4, 0.5) is 0 Å². The van der Waals surface area contributed by atoms with E-state index in [2.05, 4.69) is 12.2 Å². The van der Waals surface area contributed by atoms with Crippen molar-refractivity contribution in [3.8, 4) is 11.5 Å². The molecule has 0 spiro atoms. The zero-order valence-electron chi connectivity index (χ0n) is 12.7. The zero-order valence-corrected chi connectivity index (χ0v) is 13.5. The van der Waals surface area contributed by atoms with Crippen LogP contribution in [-0.2, 0) is 4.79 Å². The van der Waals surface area contributed by atoms with Gasteiger partial charge in [-0.25, -0.2) is 0 Å². The summed E-state index contributed by atoms with van der Waals surface area (Å²) in [5, 5.41) is 3.28. The van der Waals surface area contributed by atoms with Gasteiger partial charge in [0, 0.05) is 12.6 Å². The lowest BCUT2D eigenvalue weighted by molar-refractivity contribution is -0.116. The van der Waals surface area contributed by atoms with Gasteiger partial charge in [0.1, 0.15) is 0 Å². The summed E-state index contributed by atoms with van der Waals surface area (Å²) in [5.41, 5.74) is 0.779. The van der Waals surface area contributed by atoms with Gasteiger partial charge >= 0.3 is 0 Å². The molecule has 0 unspecified atom stereocenters. The minimum atomic E-state index is -0.114. The van der Waals surface area contributed by atoms with Crippen molar-refractivity contribution >= 4 is 23.6 Å². The fourth-order valence-electron chi connectivity index (χ4n) is 1.85. The molecule has 0 aliphatic rings. The molecule has 0 fully saturated rings. The van der Waals surface area contributed by atoms with Crippen molar-refractivity contribution in [3.05, 3.63) is 28.8 Å². The van der Waals surface area contributed by atoms with E-state index in [-0.39, 0.29) is 5.91 Å². The number of hydrogen-bond acceptors (Lipinski definition) is 3. The van der Waals surface area contributed by atoms with E-state index in [0.29, 0.717) is 23.1 Å². The predicted octanol–water partition coefficient (Wildman–Crippen LogP) is 3.68. The highest BCUT2D eigenvalue weighted by Crippen LogP contribution is 2.36. The molecule has 5 heteroatoms. The number of nitrogens with one attached hydrogen (secondary N) is 1. The minimum absolute atomic E-state index is 0.114. The lowest BCUT2D eigenvalue weighted by Crippen LogP contribution is -2.21. The largest absolute Gasteiger partial charge is 0.493 e. The second-order valence-corrected chi connectivity index (χ2v) is 4.98. The fraction of sp³-hybridized carbons (Fsp3) is 0.438. The molecule has 1 aromatic carbocycles. The number of methoxy groups -OCH3 is 2. The summed E-state index contributed by atoms with van der Waals surface area (Å²) in [6.07, 6.45) is 6.44. The van der Waals surface area contributed by atoms with E-state index >= 15 is 0 Å². The maximum absolute atomic E-state index is 11.7. The first-order chi connectivity index (χ1) is 10.1. The van der Waals surface area contributed by atoms with E-state index in [4.69, 9.17) is 21.1 Å². The smallest absolute Gasteiger partial charge is 0.243 e. The average Bonchev–Trinajstić information content (AvgIpc) is 2.48. The van der Waals surface area contributed by atoms with Crippen molar-refractivity contribution in [2.24, 2.45) is 0 Å². The quantitative estimate of drug-likeness (QED) is 0.588. The Kier molecular flexibility index (Phi) is 7.69. The molecule has 4 nitrogen and oxygen atoms in total. The third-order valence-corrected chi connectivity index (χ3v) is 3.24. The molecule has 1 N–H and O–H groups in total. The summed E-state index contributed by atoms with van der Waals surface area (Å²) < 4.78 is 10.4. The molecule has 1 aromatic rings. The fourth-order valence-corrected chi connectivity index (χ4v) is 2.15. The SMILES string of the molecule is CCCCCNC(=O)/C=C/c1cc(Cl)c(OC)c(OC)c1. The zero-order chi connectivity index (χ0) is 15.7. The lowest BCUT2D eigenvalue weighted by Gasteiger charge is -2.10.